The summed E-state index contributed by atoms with van der Waals surface area (Å²) in [6.07, 6.45) is -6.60. The SMILES string of the molecule is O=C1N=C(NCCO)/C(=C/C2CCN(Cc3ccc(C(F)(F)F)cc3C(F)(F)F)CC2)S1. The Bertz CT molecular complexity index is 906. The number of rotatable bonds is 5. The fourth-order valence-corrected chi connectivity index (χ4v) is 4.41. The van der Waals surface area contributed by atoms with E-state index in [-0.39, 0.29) is 42.5 Å². The maximum atomic E-state index is 13.4. The van der Waals surface area contributed by atoms with E-state index in [4.69, 9.17) is 5.11 Å². The van der Waals surface area contributed by atoms with Crippen LogP contribution in [0.25, 0.3) is 0 Å². The topological polar surface area (TPSA) is 64.9 Å². The summed E-state index contributed by atoms with van der Waals surface area (Å²) in [5.41, 5.74) is -2.79. The van der Waals surface area contributed by atoms with Crippen LogP contribution in [-0.2, 0) is 18.9 Å². The quantitative estimate of drug-likeness (QED) is 0.599. The number of aliphatic hydroxyl groups is 1. The van der Waals surface area contributed by atoms with Crippen molar-refractivity contribution in [3.05, 3.63) is 45.9 Å². The number of nitrogens with zero attached hydrogens (tertiary/aromatic N) is 2. The van der Waals surface area contributed by atoms with Gasteiger partial charge in [-0.3, -0.25) is 9.69 Å². The van der Waals surface area contributed by atoms with E-state index >= 15 is 0 Å². The van der Waals surface area contributed by atoms with Crippen LogP contribution < -0.4 is 5.32 Å². The Hall–Kier alpha value is -2.05. The molecule has 1 amide bonds. The van der Waals surface area contributed by atoms with Crippen LogP contribution in [0.3, 0.4) is 0 Å². The van der Waals surface area contributed by atoms with Crippen molar-refractivity contribution in [2.75, 3.05) is 26.2 Å². The molecule has 0 saturated carbocycles. The molecule has 0 atom stereocenters. The van der Waals surface area contributed by atoms with Crippen LogP contribution in [0.1, 0.15) is 29.5 Å². The fraction of sp³-hybridized carbons (Fsp3) is 0.500. The molecule has 0 unspecified atom stereocenters. The molecule has 2 N–H and O–H groups in total. The van der Waals surface area contributed by atoms with E-state index in [2.05, 4.69) is 10.3 Å². The number of halogens is 6. The maximum absolute atomic E-state index is 13.4. The lowest BCUT2D eigenvalue weighted by Crippen LogP contribution is -2.34. The van der Waals surface area contributed by atoms with Crippen LogP contribution in [0.5, 0.6) is 0 Å². The number of carbonyl (C=O) groups is 1. The van der Waals surface area contributed by atoms with Crippen molar-refractivity contribution in [1.82, 2.24) is 10.2 Å². The van der Waals surface area contributed by atoms with Crippen LogP contribution in [0, 0.1) is 5.92 Å². The number of amides is 1. The molecule has 1 saturated heterocycles. The van der Waals surface area contributed by atoms with E-state index in [9.17, 15) is 31.1 Å². The van der Waals surface area contributed by atoms with Gasteiger partial charge >= 0.3 is 17.6 Å². The summed E-state index contributed by atoms with van der Waals surface area (Å²) >= 11 is 0.973. The predicted molar refractivity (Wildman–Crippen MR) is 108 cm³/mol. The number of aliphatic hydroxyl groups excluding tert-OH is 1. The number of thioether (sulfide) groups is 1. The molecule has 2 heterocycles. The number of allylic oxidation sites excluding steroid dienone is 1. The minimum absolute atomic E-state index is 0.0791. The summed E-state index contributed by atoms with van der Waals surface area (Å²) in [7, 11) is 0. The lowest BCUT2D eigenvalue weighted by Gasteiger charge is -2.31. The summed E-state index contributed by atoms with van der Waals surface area (Å²) in [6, 6.07) is 1.74. The highest BCUT2D eigenvalue weighted by Gasteiger charge is 2.38. The molecular formula is C20H21F6N3O2S. The van der Waals surface area contributed by atoms with Crippen molar-refractivity contribution >= 4 is 22.8 Å². The summed E-state index contributed by atoms with van der Waals surface area (Å²) in [5.74, 6) is 0.478. The summed E-state index contributed by atoms with van der Waals surface area (Å²) in [5, 5.41) is 11.4. The number of benzene rings is 1. The second kappa shape index (κ2) is 9.84. The normalized spacial score (nSPS) is 20.2. The third-order valence-corrected chi connectivity index (χ3v) is 6.01. The number of likely N-dealkylation sites (tertiary alicyclic amines) is 1. The molecule has 176 valence electrons. The largest absolute Gasteiger partial charge is 0.416 e. The Morgan fingerprint density at radius 3 is 2.44 bits per heavy atom. The molecule has 2 aliphatic rings. The van der Waals surface area contributed by atoms with Gasteiger partial charge < -0.3 is 10.4 Å². The Labute approximate surface area is 184 Å². The lowest BCUT2D eigenvalue weighted by molar-refractivity contribution is -0.143. The Morgan fingerprint density at radius 2 is 1.84 bits per heavy atom. The number of aliphatic imine (C=N–C) groups is 1. The summed E-state index contributed by atoms with van der Waals surface area (Å²) in [6.45, 7) is 0.947. The molecule has 1 fully saturated rings. The minimum atomic E-state index is -4.89. The van der Waals surface area contributed by atoms with Gasteiger partial charge in [0.2, 0.25) is 0 Å². The molecule has 12 heteroatoms. The number of hydrogen-bond acceptors (Lipinski definition) is 5. The van der Waals surface area contributed by atoms with Crippen LogP contribution in [0.2, 0.25) is 0 Å². The van der Waals surface area contributed by atoms with Crippen molar-refractivity contribution < 1.29 is 36.2 Å². The van der Waals surface area contributed by atoms with E-state index in [1.165, 1.54) is 0 Å². The molecule has 0 aliphatic carbocycles. The van der Waals surface area contributed by atoms with Crippen LogP contribution >= 0.6 is 11.8 Å². The first-order valence-corrected chi connectivity index (χ1v) is 10.7. The number of hydrogen-bond donors (Lipinski definition) is 2. The molecule has 1 aromatic rings. The zero-order valence-electron chi connectivity index (χ0n) is 16.8. The second-order valence-corrected chi connectivity index (χ2v) is 8.48. The van der Waals surface area contributed by atoms with Gasteiger partial charge in [0.25, 0.3) is 0 Å². The average molecular weight is 481 g/mol. The van der Waals surface area contributed by atoms with Gasteiger partial charge in [-0.25, -0.2) is 0 Å². The third kappa shape index (κ3) is 6.26. The zero-order valence-corrected chi connectivity index (χ0v) is 17.6. The first-order chi connectivity index (χ1) is 15.0. The Kier molecular flexibility index (Phi) is 7.56. The van der Waals surface area contributed by atoms with Gasteiger partial charge in [0.1, 0.15) is 5.84 Å². The Balaban J connectivity index is 1.65. The van der Waals surface area contributed by atoms with E-state index in [1.54, 1.807) is 4.90 Å². The molecule has 0 spiro atoms. The van der Waals surface area contributed by atoms with Crippen LogP contribution in [-0.4, -0.2) is 47.3 Å². The van der Waals surface area contributed by atoms with Gasteiger partial charge in [-0.05, 0) is 61.3 Å². The van der Waals surface area contributed by atoms with E-state index in [0.717, 1.165) is 17.8 Å². The highest BCUT2D eigenvalue weighted by Crippen LogP contribution is 2.38. The molecule has 0 aromatic heterocycles. The summed E-state index contributed by atoms with van der Waals surface area (Å²) < 4.78 is 78.6. The number of alkyl halides is 6. The van der Waals surface area contributed by atoms with Crippen LogP contribution in [0.15, 0.2) is 34.2 Å². The third-order valence-electron chi connectivity index (χ3n) is 5.19. The fourth-order valence-electron chi connectivity index (χ4n) is 3.61. The van der Waals surface area contributed by atoms with Gasteiger partial charge in [-0.1, -0.05) is 12.1 Å². The first kappa shape index (κ1) is 24.6. The van der Waals surface area contributed by atoms with Crippen molar-refractivity contribution in [1.29, 1.82) is 0 Å². The molecule has 0 bridgehead atoms. The molecular weight excluding hydrogens is 460 g/mol. The minimum Gasteiger partial charge on any atom is -0.395 e. The second-order valence-electron chi connectivity index (χ2n) is 7.49. The van der Waals surface area contributed by atoms with Crippen LogP contribution in [0.4, 0.5) is 31.1 Å². The monoisotopic (exact) mass is 481 g/mol. The van der Waals surface area contributed by atoms with E-state index < -0.39 is 23.5 Å². The average Bonchev–Trinajstić information content (AvgIpc) is 3.05. The number of carbonyl (C=O) groups excluding carboxylic acids is 1. The van der Waals surface area contributed by atoms with Gasteiger partial charge in [0, 0.05) is 13.1 Å². The molecule has 1 aromatic carbocycles. The lowest BCUT2D eigenvalue weighted by atomic mass is 9.95. The van der Waals surface area contributed by atoms with Crippen molar-refractivity contribution in [2.24, 2.45) is 10.9 Å². The highest BCUT2D eigenvalue weighted by molar-refractivity contribution is 8.18. The van der Waals surface area contributed by atoms with Gasteiger partial charge in [0.05, 0.1) is 22.6 Å². The zero-order chi connectivity index (χ0) is 23.5. The predicted octanol–water partition coefficient (Wildman–Crippen LogP) is 4.67. The van der Waals surface area contributed by atoms with Gasteiger partial charge in [0.15, 0.2) is 0 Å². The highest BCUT2D eigenvalue weighted by atomic mass is 32.2. The Morgan fingerprint density at radius 1 is 1.16 bits per heavy atom. The first-order valence-electron chi connectivity index (χ1n) is 9.84. The number of amidine groups is 1. The molecule has 3 rings (SSSR count). The maximum Gasteiger partial charge on any atom is 0.416 e. The molecule has 32 heavy (non-hydrogen) atoms. The molecule has 2 aliphatic heterocycles. The van der Waals surface area contributed by atoms with Crippen molar-refractivity contribution in [3.63, 3.8) is 0 Å². The smallest absolute Gasteiger partial charge is 0.395 e. The standard InChI is InChI=1S/C20H21F6N3O2S/c21-19(22,23)14-2-1-13(15(10-14)20(24,25)26)11-29-6-3-12(4-7-29)9-16-17(27-5-8-30)28-18(31)32-16/h1-2,9-10,12,30H,3-8,11H2,(H,27,28,31)/b16-9-. The van der Waals surface area contributed by atoms with E-state index in [1.807, 2.05) is 6.08 Å². The van der Waals surface area contributed by atoms with E-state index in [0.29, 0.717) is 42.7 Å². The molecule has 5 nitrogen and oxygen atoms in total. The molecule has 0 radical (unpaired) electrons. The number of piperidine rings is 1. The van der Waals surface area contributed by atoms with Gasteiger partial charge in [-0.15, -0.1) is 0 Å². The number of nitrogens with one attached hydrogen (secondary N) is 1. The van der Waals surface area contributed by atoms with Crippen molar-refractivity contribution in [3.8, 4) is 0 Å². The summed E-state index contributed by atoms with van der Waals surface area (Å²) in [4.78, 5) is 17.9. The van der Waals surface area contributed by atoms with Crippen molar-refractivity contribution in [2.45, 2.75) is 31.7 Å². The van der Waals surface area contributed by atoms with Gasteiger partial charge in [-0.2, -0.15) is 31.3 Å².